The van der Waals surface area contributed by atoms with Crippen LogP contribution >= 0.6 is 28.3 Å². The Balaban J connectivity index is 0.00000242. The predicted octanol–water partition coefficient (Wildman–Crippen LogP) is 2.09. The minimum atomic E-state index is -0.369. The van der Waals surface area contributed by atoms with Gasteiger partial charge in [-0.15, -0.1) is 12.4 Å². The molecule has 1 amide bonds. The number of morpholine rings is 1. The van der Waals surface area contributed by atoms with E-state index in [0.29, 0.717) is 32.8 Å². The number of rotatable bonds is 6. The van der Waals surface area contributed by atoms with Crippen LogP contribution in [0.25, 0.3) is 0 Å². The minimum Gasteiger partial charge on any atom is -0.492 e. The summed E-state index contributed by atoms with van der Waals surface area (Å²) in [5, 5.41) is 3.17. The molecule has 1 unspecified atom stereocenters. The topological polar surface area (TPSA) is 50.8 Å². The average Bonchev–Trinajstić information content (AvgIpc) is 2.53. The van der Waals surface area contributed by atoms with Gasteiger partial charge in [-0.3, -0.25) is 4.79 Å². The van der Waals surface area contributed by atoms with E-state index in [1.165, 1.54) is 0 Å². The monoisotopic (exact) mass is 392 g/mol. The highest BCUT2D eigenvalue weighted by Crippen LogP contribution is 2.16. The van der Waals surface area contributed by atoms with Crippen molar-refractivity contribution in [1.29, 1.82) is 0 Å². The number of hydrogen-bond donors (Lipinski definition) is 1. The van der Waals surface area contributed by atoms with E-state index in [2.05, 4.69) is 21.2 Å². The van der Waals surface area contributed by atoms with Crippen LogP contribution in [-0.2, 0) is 9.53 Å². The highest BCUT2D eigenvalue weighted by molar-refractivity contribution is 9.10. The molecule has 124 valence electrons. The number of nitrogens with one attached hydrogen (secondary N) is 1. The fraction of sp³-hybridized carbons (Fsp3) is 0.533. The molecule has 0 bridgehead atoms. The van der Waals surface area contributed by atoms with Crippen LogP contribution in [0, 0.1) is 0 Å². The van der Waals surface area contributed by atoms with Crippen molar-refractivity contribution in [1.82, 2.24) is 10.2 Å². The summed E-state index contributed by atoms with van der Waals surface area (Å²) < 4.78 is 12.2. The lowest BCUT2D eigenvalue weighted by Crippen LogP contribution is -2.50. The maximum atomic E-state index is 12.3. The van der Waals surface area contributed by atoms with Crippen LogP contribution in [0.5, 0.6) is 5.75 Å². The molecule has 22 heavy (non-hydrogen) atoms. The summed E-state index contributed by atoms with van der Waals surface area (Å²) in [6.07, 6.45) is -0.369. The number of benzene rings is 1. The molecule has 1 aromatic rings. The second kappa shape index (κ2) is 10.0. The molecule has 7 heteroatoms. The molecule has 0 radical (unpaired) electrons. The van der Waals surface area contributed by atoms with Crippen LogP contribution in [0.2, 0.25) is 0 Å². The molecular weight excluding hydrogens is 372 g/mol. The van der Waals surface area contributed by atoms with Gasteiger partial charge >= 0.3 is 0 Å². The van der Waals surface area contributed by atoms with Gasteiger partial charge in [0.15, 0.2) is 0 Å². The van der Waals surface area contributed by atoms with Crippen molar-refractivity contribution < 1.29 is 14.3 Å². The van der Waals surface area contributed by atoms with Crippen LogP contribution in [0.4, 0.5) is 0 Å². The van der Waals surface area contributed by atoms with E-state index in [1.807, 2.05) is 31.2 Å². The first kappa shape index (κ1) is 19.2. The normalized spacial score (nSPS) is 17.5. The Morgan fingerprint density at radius 2 is 2.18 bits per heavy atom. The molecule has 1 N–H and O–H groups in total. The fourth-order valence-electron chi connectivity index (χ4n) is 2.16. The maximum absolute atomic E-state index is 12.3. The molecule has 1 heterocycles. The summed E-state index contributed by atoms with van der Waals surface area (Å²) in [6, 6.07) is 7.66. The first-order chi connectivity index (χ1) is 10.2. The van der Waals surface area contributed by atoms with Gasteiger partial charge in [0, 0.05) is 24.1 Å². The van der Waals surface area contributed by atoms with Gasteiger partial charge in [-0.2, -0.15) is 0 Å². The molecular formula is C15H22BrClN2O3. The minimum absolute atomic E-state index is 0. The van der Waals surface area contributed by atoms with E-state index < -0.39 is 0 Å². The highest BCUT2D eigenvalue weighted by atomic mass is 79.9. The molecule has 0 aromatic heterocycles. The molecule has 5 nitrogen and oxygen atoms in total. The number of carbonyl (C=O) groups excluding carboxylic acids is 1. The van der Waals surface area contributed by atoms with Crippen molar-refractivity contribution in [3.8, 4) is 5.75 Å². The van der Waals surface area contributed by atoms with Crippen LogP contribution in [0.3, 0.4) is 0 Å². The Kier molecular flexibility index (Phi) is 8.78. The van der Waals surface area contributed by atoms with Gasteiger partial charge < -0.3 is 19.7 Å². The van der Waals surface area contributed by atoms with Gasteiger partial charge in [-0.1, -0.05) is 15.9 Å². The Bertz CT molecular complexity index is 453. The molecule has 2 rings (SSSR count). The summed E-state index contributed by atoms with van der Waals surface area (Å²) >= 11 is 3.38. The average molecular weight is 394 g/mol. The van der Waals surface area contributed by atoms with Gasteiger partial charge in [0.05, 0.1) is 13.2 Å². The quantitative estimate of drug-likeness (QED) is 0.804. The lowest BCUT2D eigenvalue weighted by molar-refractivity contribution is -0.145. The summed E-state index contributed by atoms with van der Waals surface area (Å²) in [5.74, 6) is 0.835. The molecule has 0 aliphatic carbocycles. The van der Waals surface area contributed by atoms with Gasteiger partial charge in [0.2, 0.25) is 0 Å². The standard InChI is InChI=1S/C15H21BrN2O3.ClH/c1-2-18(15(19)14-11-17-7-9-21-14)8-10-20-13-5-3-12(16)4-6-13;/h3-6,14,17H,2,7-11H2,1H3;1H. The first-order valence-corrected chi connectivity index (χ1v) is 7.99. The van der Waals surface area contributed by atoms with Gasteiger partial charge in [0.25, 0.3) is 5.91 Å². The fourth-order valence-corrected chi connectivity index (χ4v) is 2.42. The van der Waals surface area contributed by atoms with Crippen molar-refractivity contribution in [2.24, 2.45) is 0 Å². The number of likely N-dealkylation sites (N-methyl/N-ethyl adjacent to an activating group) is 1. The van der Waals surface area contributed by atoms with Gasteiger partial charge in [-0.05, 0) is 31.2 Å². The van der Waals surface area contributed by atoms with E-state index in [9.17, 15) is 4.79 Å². The third-order valence-corrected chi connectivity index (χ3v) is 3.87. The zero-order valence-electron chi connectivity index (χ0n) is 12.6. The Morgan fingerprint density at radius 3 is 2.77 bits per heavy atom. The van der Waals surface area contributed by atoms with E-state index in [-0.39, 0.29) is 24.4 Å². The van der Waals surface area contributed by atoms with E-state index in [0.717, 1.165) is 16.8 Å². The highest BCUT2D eigenvalue weighted by Gasteiger charge is 2.25. The van der Waals surface area contributed by atoms with Crippen molar-refractivity contribution >= 4 is 34.2 Å². The van der Waals surface area contributed by atoms with Crippen LogP contribution in [0.1, 0.15) is 6.92 Å². The van der Waals surface area contributed by atoms with Crippen molar-refractivity contribution in [3.05, 3.63) is 28.7 Å². The number of hydrogen-bond acceptors (Lipinski definition) is 4. The van der Waals surface area contributed by atoms with Crippen molar-refractivity contribution in [2.75, 3.05) is 39.4 Å². The SMILES string of the molecule is CCN(CCOc1ccc(Br)cc1)C(=O)C1CNCCO1.Cl. The molecule has 0 saturated carbocycles. The van der Waals surface area contributed by atoms with Gasteiger partial charge in [-0.25, -0.2) is 0 Å². The Morgan fingerprint density at radius 1 is 1.45 bits per heavy atom. The van der Waals surface area contributed by atoms with Crippen molar-refractivity contribution in [3.63, 3.8) is 0 Å². The molecule has 1 aromatic carbocycles. The predicted molar refractivity (Wildman–Crippen MR) is 91.7 cm³/mol. The third-order valence-electron chi connectivity index (χ3n) is 3.34. The Labute approximate surface area is 145 Å². The zero-order chi connectivity index (χ0) is 15.1. The van der Waals surface area contributed by atoms with Gasteiger partial charge in [0.1, 0.15) is 18.5 Å². The molecule has 1 atom stereocenters. The smallest absolute Gasteiger partial charge is 0.253 e. The number of carbonyl (C=O) groups is 1. The van der Waals surface area contributed by atoms with Crippen LogP contribution in [-0.4, -0.2) is 56.3 Å². The summed E-state index contributed by atoms with van der Waals surface area (Å²) in [4.78, 5) is 14.1. The molecule has 1 aliphatic heterocycles. The number of ether oxygens (including phenoxy) is 2. The van der Waals surface area contributed by atoms with E-state index in [1.54, 1.807) is 4.90 Å². The molecule has 1 fully saturated rings. The summed E-state index contributed by atoms with van der Waals surface area (Å²) in [7, 11) is 0. The lowest BCUT2D eigenvalue weighted by atomic mass is 10.2. The number of nitrogens with zero attached hydrogens (tertiary/aromatic N) is 1. The second-order valence-electron chi connectivity index (χ2n) is 4.78. The molecule has 1 saturated heterocycles. The molecule has 0 spiro atoms. The number of halogens is 2. The summed E-state index contributed by atoms with van der Waals surface area (Å²) in [5.41, 5.74) is 0. The lowest BCUT2D eigenvalue weighted by Gasteiger charge is -2.29. The van der Waals surface area contributed by atoms with Crippen LogP contribution < -0.4 is 10.1 Å². The molecule has 1 aliphatic rings. The third kappa shape index (κ3) is 5.76. The maximum Gasteiger partial charge on any atom is 0.253 e. The van der Waals surface area contributed by atoms with E-state index >= 15 is 0 Å². The first-order valence-electron chi connectivity index (χ1n) is 7.20. The Hall–Kier alpha value is -0.820. The number of amides is 1. The zero-order valence-corrected chi connectivity index (χ0v) is 15.0. The van der Waals surface area contributed by atoms with Crippen LogP contribution in [0.15, 0.2) is 28.7 Å². The summed E-state index contributed by atoms with van der Waals surface area (Å²) in [6.45, 7) is 5.64. The largest absolute Gasteiger partial charge is 0.492 e. The van der Waals surface area contributed by atoms with E-state index in [4.69, 9.17) is 9.47 Å². The van der Waals surface area contributed by atoms with Crippen molar-refractivity contribution in [2.45, 2.75) is 13.0 Å². The second-order valence-corrected chi connectivity index (χ2v) is 5.70.